The number of aromatic nitrogens is 2. The number of hydrogen-bond donors (Lipinski definition) is 3. The highest BCUT2D eigenvalue weighted by atomic mass is 32.2. The molecular weight excluding hydrogens is 659 g/mol. The third-order valence-electron chi connectivity index (χ3n) is 9.72. The van der Waals surface area contributed by atoms with Crippen molar-refractivity contribution in [3.05, 3.63) is 64.8 Å². The fraction of sp³-hybridized carbons (Fsp3) is 0.500. The third kappa shape index (κ3) is 8.04. The summed E-state index contributed by atoms with van der Waals surface area (Å²) < 4.78 is 73.0. The minimum absolute atomic E-state index is 0.125. The Labute approximate surface area is 284 Å². The van der Waals surface area contributed by atoms with Gasteiger partial charge >= 0.3 is 6.18 Å². The van der Waals surface area contributed by atoms with Gasteiger partial charge in [0.05, 0.1) is 24.7 Å². The van der Waals surface area contributed by atoms with E-state index in [4.69, 9.17) is 4.74 Å². The summed E-state index contributed by atoms with van der Waals surface area (Å²) >= 11 is 0. The average Bonchev–Trinajstić information content (AvgIpc) is 3.97. The number of halogens is 3. The van der Waals surface area contributed by atoms with Gasteiger partial charge in [0.15, 0.2) is 0 Å². The van der Waals surface area contributed by atoms with Gasteiger partial charge in [0.2, 0.25) is 16.0 Å². The first kappa shape index (κ1) is 34.7. The number of alkyl halides is 3. The van der Waals surface area contributed by atoms with Crippen LogP contribution in [0.3, 0.4) is 0 Å². The number of ether oxygens (including phenoxy) is 1. The van der Waals surface area contributed by atoms with Crippen LogP contribution in [0.25, 0.3) is 0 Å². The number of sulfonamides is 1. The molecule has 0 bridgehead atoms. The maximum absolute atomic E-state index is 14.0. The van der Waals surface area contributed by atoms with Crippen LogP contribution in [-0.4, -0.2) is 75.3 Å². The lowest BCUT2D eigenvalue weighted by Gasteiger charge is -2.33. The Hall–Kier alpha value is -4.11. The molecule has 15 heteroatoms. The lowest BCUT2D eigenvalue weighted by atomic mass is 9.93. The monoisotopic (exact) mass is 701 g/mol. The van der Waals surface area contributed by atoms with Gasteiger partial charge in [-0.1, -0.05) is 12.1 Å². The number of carbonyl (C=O) groups excluding carboxylic acids is 1. The summed E-state index contributed by atoms with van der Waals surface area (Å²) in [6.07, 6.45) is 2.82. The van der Waals surface area contributed by atoms with E-state index in [0.717, 1.165) is 60.9 Å². The van der Waals surface area contributed by atoms with E-state index in [0.29, 0.717) is 28.7 Å². The Kier molecular flexibility index (Phi) is 9.44. The minimum Gasteiger partial charge on any atom is -0.495 e. The molecule has 2 aliphatic carbocycles. The molecule has 1 amide bonds. The van der Waals surface area contributed by atoms with E-state index >= 15 is 0 Å². The normalized spacial score (nSPS) is 20.9. The van der Waals surface area contributed by atoms with E-state index in [2.05, 4.69) is 30.8 Å². The maximum Gasteiger partial charge on any atom is 0.421 e. The molecule has 3 aromatic rings. The van der Waals surface area contributed by atoms with Crippen molar-refractivity contribution in [3.63, 3.8) is 0 Å². The molecule has 6 rings (SSSR count). The van der Waals surface area contributed by atoms with Gasteiger partial charge in [0, 0.05) is 49.9 Å². The fourth-order valence-corrected chi connectivity index (χ4v) is 7.17. The summed E-state index contributed by atoms with van der Waals surface area (Å²) in [5.41, 5.74) is 1.37. The molecule has 2 aromatic carbocycles. The second-order valence-electron chi connectivity index (χ2n) is 13.6. The van der Waals surface area contributed by atoms with E-state index < -0.39 is 27.6 Å². The summed E-state index contributed by atoms with van der Waals surface area (Å²) in [4.78, 5) is 23.8. The molecule has 49 heavy (non-hydrogen) atoms. The number of likely N-dealkylation sites (tertiary alicyclic amines) is 1. The quantitative estimate of drug-likeness (QED) is 0.223. The van der Waals surface area contributed by atoms with Gasteiger partial charge in [-0.15, -0.1) is 0 Å². The second-order valence-corrected chi connectivity index (χ2v) is 15.6. The summed E-state index contributed by atoms with van der Waals surface area (Å²) in [5, 5.41) is 8.83. The maximum atomic E-state index is 14.0. The number of nitrogens with one attached hydrogen (secondary N) is 3. The SMILES string of the molecule is COc1cc(C(=O)NC2CC23CCCN(CC2CC2)C3)ccc1Nc1ncc(C(F)(F)F)c(NCc2ccc(C)cc2N(C)S(C)(=O)=O)n1. The number of amides is 1. The Morgan fingerprint density at radius 1 is 1.18 bits per heavy atom. The van der Waals surface area contributed by atoms with Crippen LogP contribution in [0.5, 0.6) is 5.75 Å². The first-order valence-corrected chi connectivity index (χ1v) is 18.2. The van der Waals surface area contributed by atoms with Crippen LogP contribution in [0.15, 0.2) is 42.6 Å². The lowest BCUT2D eigenvalue weighted by molar-refractivity contribution is -0.137. The van der Waals surface area contributed by atoms with Crippen LogP contribution < -0.4 is 25.0 Å². The highest BCUT2D eigenvalue weighted by Crippen LogP contribution is 2.53. The standard InChI is InChI=1S/C34H42F3N7O4S/c1-21-6-9-24(27(14-21)43(2)49(4,46)47)17-38-30-25(34(35,36)37)18-39-32(42-30)40-26-11-10-23(15-28(26)48-3)31(45)41-29-16-33(29)12-5-13-44(20-33)19-22-7-8-22/h6,9-11,14-15,18,22,29H,5,7-8,12-13,16-17,19-20H2,1-4H3,(H,41,45)(H2,38,39,40,42). The molecule has 11 nitrogen and oxygen atoms in total. The smallest absolute Gasteiger partial charge is 0.421 e. The minimum atomic E-state index is -4.76. The number of benzene rings is 2. The first-order valence-electron chi connectivity index (χ1n) is 16.3. The Balaban J connectivity index is 1.16. The average molecular weight is 702 g/mol. The molecule has 2 unspecified atom stereocenters. The Morgan fingerprint density at radius 2 is 1.96 bits per heavy atom. The van der Waals surface area contributed by atoms with Crippen LogP contribution in [0.1, 0.15) is 59.2 Å². The zero-order valence-electron chi connectivity index (χ0n) is 28.0. The van der Waals surface area contributed by atoms with Crippen molar-refractivity contribution >= 4 is 39.1 Å². The first-order chi connectivity index (χ1) is 23.1. The number of hydrogen-bond acceptors (Lipinski definition) is 9. The number of aryl methyl sites for hydroxylation is 1. The van der Waals surface area contributed by atoms with Crippen LogP contribution in [0.2, 0.25) is 0 Å². The molecule has 264 valence electrons. The Bertz CT molecular complexity index is 1840. The molecule has 0 radical (unpaired) electrons. The van der Waals surface area contributed by atoms with Gasteiger partial charge < -0.3 is 25.6 Å². The summed E-state index contributed by atoms with van der Waals surface area (Å²) in [6.45, 7) is 4.95. The van der Waals surface area contributed by atoms with Crippen molar-refractivity contribution in [2.45, 2.75) is 57.8 Å². The van der Waals surface area contributed by atoms with Crippen molar-refractivity contribution in [1.29, 1.82) is 0 Å². The van der Waals surface area contributed by atoms with Crippen molar-refractivity contribution in [3.8, 4) is 5.75 Å². The lowest BCUT2D eigenvalue weighted by Crippen LogP contribution is -2.41. The van der Waals surface area contributed by atoms with Gasteiger partial charge in [-0.25, -0.2) is 13.4 Å². The number of methoxy groups -OCH3 is 1. The highest BCUT2D eigenvalue weighted by Gasteiger charge is 2.56. The molecule has 1 saturated heterocycles. The topological polar surface area (TPSA) is 129 Å². The number of anilines is 4. The molecule has 2 saturated carbocycles. The number of nitrogens with zero attached hydrogens (tertiary/aromatic N) is 4. The van der Waals surface area contributed by atoms with Crippen LogP contribution >= 0.6 is 0 Å². The number of carbonyl (C=O) groups is 1. The van der Waals surface area contributed by atoms with Crippen molar-refractivity contribution < 1.29 is 31.1 Å². The van der Waals surface area contributed by atoms with E-state index in [1.165, 1.54) is 27.0 Å². The van der Waals surface area contributed by atoms with E-state index in [-0.39, 0.29) is 35.6 Å². The third-order valence-corrected chi connectivity index (χ3v) is 10.9. The number of piperidine rings is 1. The zero-order chi connectivity index (χ0) is 35.1. The van der Waals surface area contributed by atoms with E-state index in [1.807, 2.05) is 0 Å². The zero-order valence-corrected chi connectivity index (χ0v) is 28.8. The summed E-state index contributed by atoms with van der Waals surface area (Å²) in [6, 6.07) is 9.96. The van der Waals surface area contributed by atoms with E-state index in [1.54, 1.807) is 43.3 Å². The fourth-order valence-electron chi connectivity index (χ4n) is 6.64. The molecule has 1 spiro atoms. The van der Waals surface area contributed by atoms with Crippen molar-refractivity contribution in [1.82, 2.24) is 20.2 Å². The second kappa shape index (κ2) is 13.3. The molecule has 3 fully saturated rings. The molecule has 1 aromatic heterocycles. The number of rotatable bonds is 12. The van der Waals surface area contributed by atoms with E-state index in [9.17, 15) is 26.4 Å². The van der Waals surface area contributed by atoms with Gasteiger partial charge in [-0.05, 0) is 86.9 Å². The van der Waals surface area contributed by atoms with Gasteiger partial charge in [0.1, 0.15) is 17.1 Å². The molecule has 2 atom stereocenters. The van der Waals surface area contributed by atoms with Crippen LogP contribution in [0, 0.1) is 18.3 Å². The predicted molar refractivity (Wildman–Crippen MR) is 182 cm³/mol. The summed E-state index contributed by atoms with van der Waals surface area (Å²) in [7, 11) is -0.815. The van der Waals surface area contributed by atoms with Gasteiger partial charge in [-0.3, -0.25) is 9.10 Å². The predicted octanol–water partition coefficient (Wildman–Crippen LogP) is 5.56. The summed E-state index contributed by atoms with van der Waals surface area (Å²) in [5.74, 6) is 0.278. The molecule has 1 aliphatic heterocycles. The van der Waals surface area contributed by atoms with Gasteiger partial charge in [0.25, 0.3) is 5.91 Å². The molecule has 2 heterocycles. The van der Waals surface area contributed by atoms with Crippen molar-refractivity contribution in [2.24, 2.45) is 11.3 Å². The molecule has 3 aliphatic rings. The highest BCUT2D eigenvalue weighted by molar-refractivity contribution is 7.92. The van der Waals surface area contributed by atoms with Gasteiger partial charge in [-0.2, -0.15) is 18.2 Å². The largest absolute Gasteiger partial charge is 0.495 e. The molecule has 3 N–H and O–H groups in total. The van der Waals surface area contributed by atoms with Crippen molar-refractivity contribution in [2.75, 3.05) is 55.0 Å². The Morgan fingerprint density at radius 3 is 2.65 bits per heavy atom. The van der Waals surface area contributed by atoms with Crippen LogP contribution in [-0.2, 0) is 22.7 Å². The molecular formula is C34H42F3N7O4S. The van der Waals surface area contributed by atoms with Crippen LogP contribution in [0.4, 0.5) is 36.3 Å².